The van der Waals surface area contributed by atoms with E-state index >= 15 is 0 Å². The molecule has 6 nitrogen and oxygen atoms in total. The Morgan fingerprint density at radius 2 is 1.75 bits per heavy atom. The quantitative estimate of drug-likeness (QED) is 0.793. The van der Waals surface area contributed by atoms with Crippen molar-refractivity contribution in [2.24, 2.45) is 0 Å². The average Bonchev–Trinajstić information content (AvgIpc) is 3.06. The van der Waals surface area contributed by atoms with E-state index in [9.17, 15) is 9.59 Å². The molecular formula is C13H11BrO6. The van der Waals surface area contributed by atoms with Crippen molar-refractivity contribution >= 4 is 27.9 Å². The summed E-state index contributed by atoms with van der Waals surface area (Å²) in [6, 6.07) is 6.07. The molecule has 20 heavy (non-hydrogen) atoms. The number of esters is 2. The lowest BCUT2D eigenvalue weighted by Crippen LogP contribution is -2.08. The van der Waals surface area contributed by atoms with Gasteiger partial charge in [0.15, 0.2) is 10.8 Å². The van der Waals surface area contributed by atoms with E-state index in [1.54, 1.807) is 19.1 Å². The van der Waals surface area contributed by atoms with Gasteiger partial charge in [-0.05, 0) is 47.1 Å². The highest BCUT2D eigenvalue weighted by Crippen LogP contribution is 2.23. The Bertz CT molecular complexity index is 626. The molecule has 2 rings (SSSR count). The third kappa shape index (κ3) is 3.11. The van der Waals surface area contributed by atoms with Crippen LogP contribution in [0.2, 0.25) is 0 Å². The van der Waals surface area contributed by atoms with Gasteiger partial charge in [-0.1, -0.05) is 0 Å². The molecule has 0 spiro atoms. The van der Waals surface area contributed by atoms with Crippen molar-refractivity contribution in [3.8, 4) is 0 Å². The van der Waals surface area contributed by atoms with Crippen LogP contribution in [0.4, 0.5) is 0 Å². The predicted molar refractivity (Wildman–Crippen MR) is 70.3 cm³/mol. The number of rotatable bonds is 4. The molecule has 7 heteroatoms. The maximum absolute atomic E-state index is 11.8. The van der Waals surface area contributed by atoms with Gasteiger partial charge in [-0.25, -0.2) is 9.59 Å². The monoisotopic (exact) mass is 342 g/mol. The van der Waals surface area contributed by atoms with Crippen LogP contribution in [-0.4, -0.2) is 19.0 Å². The number of halogens is 1. The lowest BCUT2D eigenvalue weighted by molar-refractivity contribution is 0.0249. The third-order valence-corrected chi connectivity index (χ3v) is 2.90. The van der Waals surface area contributed by atoms with Crippen molar-refractivity contribution < 1.29 is 27.9 Å². The van der Waals surface area contributed by atoms with Crippen molar-refractivity contribution in [1.82, 2.24) is 0 Å². The molecule has 0 saturated carbocycles. The van der Waals surface area contributed by atoms with E-state index in [-0.39, 0.29) is 11.5 Å². The largest absolute Gasteiger partial charge is 0.463 e. The molecule has 0 aromatic carbocycles. The number of hydrogen-bond donors (Lipinski definition) is 0. The molecule has 0 radical (unpaired) electrons. The molecule has 0 N–H and O–H groups in total. The number of hydrogen-bond acceptors (Lipinski definition) is 6. The molecule has 0 amide bonds. The van der Waals surface area contributed by atoms with Gasteiger partial charge in [-0.2, -0.15) is 0 Å². The number of carbonyl (C=O) groups excluding carboxylic acids is 2. The van der Waals surface area contributed by atoms with Crippen molar-refractivity contribution in [3.05, 3.63) is 46.2 Å². The zero-order valence-corrected chi connectivity index (χ0v) is 12.3. The van der Waals surface area contributed by atoms with Crippen LogP contribution in [0.25, 0.3) is 0 Å². The molecule has 2 aromatic heterocycles. The lowest BCUT2D eigenvalue weighted by Gasteiger charge is -2.09. The number of carbonyl (C=O) groups is 2. The predicted octanol–water partition coefficient (Wildman–Crippen LogP) is 3.34. The SMILES string of the molecule is COC(=O)c1ccc(C(C)OC(=O)c2ccc(Br)o2)o1. The van der Waals surface area contributed by atoms with E-state index in [0.717, 1.165) is 0 Å². The topological polar surface area (TPSA) is 78.9 Å². The fourth-order valence-corrected chi connectivity index (χ4v) is 1.79. The summed E-state index contributed by atoms with van der Waals surface area (Å²) in [7, 11) is 1.25. The highest BCUT2D eigenvalue weighted by molar-refractivity contribution is 9.10. The second-order valence-corrected chi connectivity index (χ2v) is 4.63. The van der Waals surface area contributed by atoms with Crippen LogP contribution in [0.15, 0.2) is 37.8 Å². The molecule has 0 bridgehead atoms. The van der Waals surface area contributed by atoms with Crippen LogP contribution < -0.4 is 0 Å². The van der Waals surface area contributed by atoms with Gasteiger partial charge >= 0.3 is 11.9 Å². The Hall–Kier alpha value is -2.02. The summed E-state index contributed by atoms with van der Waals surface area (Å²) in [5, 5.41) is 0. The molecule has 106 valence electrons. The maximum Gasteiger partial charge on any atom is 0.374 e. The smallest absolute Gasteiger partial charge is 0.374 e. The first-order chi connectivity index (χ1) is 9.51. The van der Waals surface area contributed by atoms with Gasteiger partial charge in [0.05, 0.1) is 7.11 Å². The van der Waals surface area contributed by atoms with Crippen LogP contribution in [0.5, 0.6) is 0 Å². The van der Waals surface area contributed by atoms with Gasteiger partial charge in [0.2, 0.25) is 11.5 Å². The number of ether oxygens (including phenoxy) is 2. The minimum Gasteiger partial charge on any atom is -0.463 e. The Balaban J connectivity index is 2.04. The standard InChI is InChI=1S/C13H11BrO6/c1-7(8-3-4-9(19-8)12(15)17-2)18-13(16)10-5-6-11(14)20-10/h3-7H,1-2H3. The summed E-state index contributed by atoms with van der Waals surface area (Å²) in [6.07, 6.45) is -0.662. The molecule has 1 unspecified atom stereocenters. The van der Waals surface area contributed by atoms with Crippen molar-refractivity contribution in [3.63, 3.8) is 0 Å². The fraction of sp³-hybridized carbons (Fsp3) is 0.231. The molecule has 0 fully saturated rings. The van der Waals surface area contributed by atoms with Crippen molar-refractivity contribution in [2.75, 3.05) is 7.11 Å². The second kappa shape index (κ2) is 5.96. The fourth-order valence-electron chi connectivity index (χ4n) is 1.48. The number of methoxy groups -OCH3 is 1. The van der Waals surface area contributed by atoms with E-state index in [4.69, 9.17) is 13.6 Å². The number of furan rings is 2. The average molecular weight is 343 g/mol. The van der Waals surface area contributed by atoms with Gasteiger partial charge < -0.3 is 18.3 Å². The minimum atomic E-state index is -0.662. The molecule has 0 saturated heterocycles. The van der Waals surface area contributed by atoms with Crippen LogP contribution >= 0.6 is 15.9 Å². The summed E-state index contributed by atoms with van der Waals surface area (Å²) >= 11 is 3.09. The maximum atomic E-state index is 11.8. The van der Waals surface area contributed by atoms with Gasteiger partial charge in [0, 0.05) is 0 Å². The summed E-state index contributed by atoms with van der Waals surface area (Å²) in [4.78, 5) is 23.0. The van der Waals surface area contributed by atoms with E-state index < -0.39 is 18.0 Å². The minimum absolute atomic E-state index is 0.0474. The molecule has 2 aromatic rings. The summed E-state index contributed by atoms with van der Waals surface area (Å²) in [5.74, 6) is -0.761. The normalized spacial score (nSPS) is 11.9. The van der Waals surface area contributed by atoms with E-state index in [2.05, 4.69) is 20.7 Å². The van der Waals surface area contributed by atoms with E-state index in [1.165, 1.54) is 19.2 Å². The molecular weight excluding hydrogens is 332 g/mol. The summed E-state index contributed by atoms with van der Waals surface area (Å²) in [6.45, 7) is 1.62. The van der Waals surface area contributed by atoms with Crippen molar-refractivity contribution in [2.45, 2.75) is 13.0 Å². The van der Waals surface area contributed by atoms with Crippen LogP contribution in [-0.2, 0) is 9.47 Å². The zero-order valence-electron chi connectivity index (χ0n) is 10.7. The Morgan fingerprint density at radius 3 is 2.35 bits per heavy atom. The summed E-state index contributed by atoms with van der Waals surface area (Å²) in [5.41, 5.74) is 0. The lowest BCUT2D eigenvalue weighted by atomic mass is 10.3. The Kier molecular flexibility index (Phi) is 4.29. The highest BCUT2D eigenvalue weighted by Gasteiger charge is 2.20. The van der Waals surface area contributed by atoms with E-state index in [1.807, 2.05) is 0 Å². The summed E-state index contributed by atoms with van der Waals surface area (Å²) < 4.78 is 20.4. The highest BCUT2D eigenvalue weighted by atomic mass is 79.9. The van der Waals surface area contributed by atoms with Gasteiger partial charge in [0.1, 0.15) is 5.76 Å². The zero-order chi connectivity index (χ0) is 14.7. The van der Waals surface area contributed by atoms with E-state index in [0.29, 0.717) is 10.4 Å². The first kappa shape index (κ1) is 14.4. The van der Waals surface area contributed by atoms with Crippen LogP contribution in [0.1, 0.15) is 39.9 Å². The van der Waals surface area contributed by atoms with Crippen molar-refractivity contribution in [1.29, 1.82) is 0 Å². The first-order valence-corrected chi connectivity index (χ1v) is 6.45. The molecule has 2 heterocycles. The second-order valence-electron chi connectivity index (χ2n) is 3.84. The molecule has 0 aliphatic heterocycles. The van der Waals surface area contributed by atoms with Gasteiger partial charge in [-0.15, -0.1) is 0 Å². The first-order valence-electron chi connectivity index (χ1n) is 5.65. The third-order valence-electron chi connectivity index (χ3n) is 2.47. The molecule has 0 aliphatic rings. The Morgan fingerprint density at radius 1 is 1.10 bits per heavy atom. The Labute approximate surface area is 122 Å². The van der Waals surface area contributed by atoms with Gasteiger partial charge in [-0.3, -0.25) is 0 Å². The van der Waals surface area contributed by atoms with Gasteiger partial charge in [0.25, 0.3) is 0 Å². The van der Waals surface area contributed by atoms with Crippen LogP contribution in [0, 0.1) is 0 Å². The molecule has 0 aliphatic carbocycles. The van der Waals surface area contributed by atoms with Crippen LogP contribution in [0.3, 0.4) is 0 Å². The molecule has 1 atom stereocenters.